The molecular formula is C16H21N3O3. The third-order valence-electron chi connectivity index (χ3n) is 4.16. The minimum absolute atomic E-state index is 0.133. The molecule has 2 atom stereocenters. The van der Waals surface area contributed by atoms with Crippen molar-refractivity contribution in [1.29, 1.82) is 0 Å². The van der Waals surface area contributed by atoms with Crippen molar-refractivity contribution in [3.05, 3.63) is 35.4 Å². The van der Waals surface area contributed by atoms with Gasteiger partial charge in [-0.05, 0) is 23.6 Å². The predicted octanol–water partition coefficient (Wildman–Crippen LogP) is 0.469. The van der Waals surface area contributed by atoms with Crippen molar-refractivity contribution in [2.24, 2.45) is 23.3 Å². The zero-order valence-electron chi connectivity index (χ0n) is 12.8. The molecule has 22 heavy (non-hydrogen) atoms. The van der Waals surface area contributed by atoms with Gasteiger partial charge in [-0.15, -0.1) is 0 Å². The van der Waals surface area contributed by atoms with Gasteiger partial charge in [0, 0.05) is 18.7 Å². The minimum atomic E-state index is -0.712. The highest BCUT2D eigenvalue weighted by atomic mass is 16.2. The van der Waals surface area contributed by atoms with Crippen LogP contribution in [0.4, 0.5) is 0 Å². The molecule has 6 nitrogen and oxygen atoms in total. The minimum Gasteiger partial charge on any atom is -0.369 e. The van der Waals surface area contributed by atoms with E-state index in [-0.39, 0.29) is 19.0 Å². The molecule has 0 radical (unpaired) electrons. The first-order chi connectivity index (χ1) is 10.3. The number of carbonyl (C=O) groups excluding carboxylic acids is 3. The largest absolute Gasteiger partial charge is 0.369 e. The maximum absolute atomic E-state index is 12.5. The second-order valence-corrected chi connectivity index (χ2v) is 6.00. The Morgan fingerprint density at radius 2 is 1.45 bits per heavy atom. The Labute approximate surface area is 129 Å². The Balaban J connectivity index is 2.16. The van der Waals surface area contributed by atoms with Crippen molar-refractivity contribution < 1.29 is 14.4 Å². The van der Waals surface area contributed by atoms with Crippen LogP contribution in [0.25, 0.3) is 0 Å². The summed E-state index contributed by atoms with van der Waals surface area (Å²) in [5.74, 6) is -2.46. The van der Waals surface area contributed by atoms with Crippen LogP contribution < -0.4 is 11.5 Å². The van der Waals surface area contributed by atoms with Gasteiger partial charge in [0.1, 0.15) is 0 Å². The van der Waals surface area contributed by atoms with Crippen molar-refractivity contribution in [3.8, 4) is 0 Å². The lowest BCUT2D eigenvalue weighted by Crippen LogP contribution is -2.36. The van der Waals surface area contributed by atoms with Crippen molar-refractivity contribution in [2.75, 3.05) is 13.1 Å². The molecule has 0 bridgehead atoms. The standard InChI is InChI=1S/C16H21N3O3/c1-9(2)10-3-5-11(6-4-10)16(22)19-7-12(14(17)20)13(8-19)15(18)21/h3-6,9,12-13H,7-8H2,1-2H3,(H2,17,20)(H2,18,21)/t12-,13+. The van der Waals surface area contributed by atoms with Gasteiger partial charge in [0.15, 0.2) is 0 Å². The Kier molecular flexibility index (Phi) is 4.49. The third-order valence-corrected chi connectivity index (χ3v) is 4.16. The molecule has 4 N–H and O–H groups in total. The van der Waals surface area contributed by atoms with E-state index in [1.807, 2.05) is 12.1 Å². The molecule has 1 aliphatic rings. The van der Waals surface area contributed by atoms with E-state index in [0.29, 0.717) is 11.5 Å². The zero-order chi connectivity index (χ0) is 16.4. The maximum atomic E-state index is 12.5. The highest BCUT2D eigenvalue weighted by Gasteiger charge is 2.41. The lowest BCUT2D eigenvalue weighted by Gasteiger charge is -2.16. The van der Waals surface area contributed by atoms with Crippen LogP contribution in [0.3, 0.4) is 0 Å². The fourth-order valence-electron chi connectivity index (χ4n) is 2.74. The lowest BCUT2D eigenvalue weighted by molar-refractivity contribution is -0.129. The second kappa shape index (κ2) is 6.17. The number of likely N-dealkylation sites (tertiary alicyclic amines) is 1. The molecule has 6 heteroatoms. The van der Waals surface area contributed by atoms with E-state index >= 15 is 0 Å². The smallest absolute Gasteiger partial charge is 0.253 e. The first kappa shape index (κ1) is 16.0. The van der Waals surface area contributed by atoms with E-state index in [1.54, 1.807) is 12.1 Å². The number of carbonyl (C=O) groups is 3. The van der Waals surface area contributed by atoms with Crippen LogP contribution in [0.15, 0.2) is 24.3 Å². The normalized spacial score (nSPS) is 21.1. The van der Waals surface area contributed by atoms with Crippen molar-refractivity contribution in [1.82, 2.24) is 4.90 Å². The molecule has 0 saturated carbocycles. The topological polar surface area (TPSA) is 106 Å². The number of nitrogens with zero attached hydrogens (tertiary/aromatic N) is 1. The van der Waals surface area contributed by atoms with Gasteiger partial charge in [-0.3, -0.25) is 14.4 Å². The number of hydrogen-bond donors (Lipinski definition) is 2. The third kappa shape index (κ3) is 3.10. The van der Waals surface area contributed by atoms with E-state index in [4.69, 9.17) is 11.5 Å². The first-order valence-corrected chi connectivity index (χ1v) is 7.29. The van der Waals surface area contributed by atoms with Crippen molar-refractivity contribution in [2.45, 2.75) is 19.8 Å². The summed E-state index contributed by atoms with van der Waals surface area (Å²) in [4.78, 5) is 36.8. The molecule has 1 aliphatic heterocycles. The molecule has 2 rings (SSSR count). The molecule has 0 unspecified atom stereocenters. The number of hydrogen-bond acceptors (Lipinski definition) is 3. The van der Waals surface area contributed by atoms with Crippen LogP contribution in [0.5, 0.6) is 0 Å². The molecule has 0 aliphatic carbocycles. The van der Waals surface area contributed by atoms with Crippen LogP contribution >= 0.6 is 0 Å². The number of rotatable bonds is 4. The molecular weight excluding hydrogens is 282 g/mol. The summed E-state index contributed by atoms with van der Waals surface area (Å²) in [6.45, 7) is 4.42. The van der Waals surface area contributed by atoms with Gasteiger partial charge in [0.25, 0.3) is 5.91 Å². The van der Waals surface area contributed by atoms with Gasteiger partial charge in [-0.2, -0.15) is 0 Å². The van der Waals surface area contributed by atoms with Gasteiger partial charge < -0.3 is 16.4 Å². The van der Waals surface area contributed by atoms with Gasteiger partial charge in [0.2, 0.25) is 11.8 Å². The highest BCUT2D eigenvalue weighted by molar-refractivity contribution is 5.96. The summed E-state index contributed by atoms with van der Waals surface area (Å²) in [5, 5.41) is 0. The van der Waals surface area contributed by atoms with Crippen molar-refractivity contribution in [3.63, 3.8) is 0 Å². The average molecular weight is 303 g/mol. The van der Waals surface area contributed by atoms with Gasteiger partial charge in [-0.25, -0.2) is 0 Å². The van der Waals surface area contributed by atoms with E-state index < -0.39 is 23.7 Å². The zero-order valence-corrected chi connectivity index (χ0v) is 12.8. The molecule has 0 spiro atoms. The Morgan fingerprint density at radius 1 is 1.00 bits per heavy atom. The van der Waals surface area contributed by atoms with Crippen molar-refractivity contribution >= 4 is 17.7 Å². The van der Waals surface area contributed by atoms with Crippen LogP contribution in [-0.4, -0.2) is 35.7 Å². The summed E-state index contributed by atoms with van der Waals surface area (Å²) in [7, 11) is 0. The van der Waals surface area contributed by atoms with Gasteiger partial charge in [-0.1, -0.05) is 26.0 Å². The molecule has 1 saturated heterocycles. The summed E-state index contributed by atoms with van der Waals surface area (Å²) in [5.41, 5.74) is 12.3. The lowest BCUT2D eigenvalue weighted by atomic mass is 9.95. The maximum Gasteiger partial charge on any atom is 0.253 e. The van der Waals surface area contributed by atoms with E-state index in [1.165, 1.54) is 4.90 Å². The van der Waals surface area contributed by atoms with Crippen LogP contribution in [-0.2, 0) is 9.59 Å². The molecule has 1 fully saturated rings. The fourth-order valence-corrected chi connectivity index (χ4v) is 2.74. The molecule has 3 amide bonds. The fraction of sp³-hybridized carbons (Fsp3) is 0.438. The van der Waals surface area contributed by atoms with Crippen LogP contribution in [0.1, 0.15) is 35.7 Å². The summed E-state index contributed by atoms with van der Waals surface area (Å²) < 4.78 is 0. The number of primary amides is 2. The summed E-state index contributed by atoms with van der Waals surface area (Å²) >= 11 is 0. The Morgan fingerprint density at radius 3 is 1.82 bits per heavy atom. The predicted molar refractivity (Wildman–Crippen MR) is 81.8 cm³/mol. The average Bonchev–Trinajstić information content (AvgIpc) is 2.92. The van der Waals surface area contributed by atoms with E-state index in [9.17, 15) is 14.4 Å². The molecule has 1 aromatic carbocycles. The SMILES string of the molecule is CC(C)c1ccc(C(=O)N2C[C@H](C(N)=O)[C@H](C(N)=O)C2)cc1. The Hall–Kier alpha value is -2.37. The van der Waals surface area contributed by atoms with Crippen LogP contribution in [0.2, 0.25) is 0 Å². The number of benzene rings is 1. The first-order valence-electron chi connectivity index (χ1n) is 7.29. The Bertz CT molecular complexity index is 573. The molecule has 1 heterocycles. The highest BCUT2D eigenvalue weighted by Crippen LogP contribution is 2.25. The summed E-state index contributed by atoms with van der Waals surface area (Å²) in [6, 6.07) is 7.33. The molecule has 0 aromatic heterocycles. The van der Waals surface area contributed by atoms with Gasteiger partial charge in [0.05, 0.1) is 11.8 Å². The number of amides is 3. The quantitative estimate of drug-likeness (QED) is 0.844. The monoisotopic (exact) mass is 303 g/mol. The second-order valence-electron chi connectivity index (χ2n) is 6.00. The summed E-state index contributed by atoms with van der Waals surface area (Å²) in [6.07, 6.45) is 0. The molecule has 1 aromatic rings. The van der Waals surface area contributed by atoms with E-state index in [2.05, 4.69) is 13.8 Å². The van der Waals surface area contributed by atoms with E-state index in [0.717, 1.165) is 5.56 Å². The van der Waals surface area contributed by atoms with Crippen LogP contribution in [0, 0.1) is 11.8 Å². The van der Waals surface area contributed by atoms with Gasteiger partial charge >= 0.3 is 0 Å². The molecule has 118 valence electrons. The number of nitrogens with two attached hydrogens (primary N) is 2.